The van der Waals surface area contributed by atoms with E-state index in [-0.39, 0.29) is 6.10 Å². The molecule has 0 aromatic carbocycles. The predicted octanol–water partition coefficient (Wildman–Crippen LogP) is 4.06. The average molecular weight is 198 g/mol. The van der Waals surface area contributed by atoms with Crippen molar-refractivity contribution in [2.45, 2.75) is 70.8 Å². The normalized spacial score (nSPS) is 12.7. The first-order valence-electron chi connectivity index (χ1n) is 6.10. The van der Waals surface area contributed by atoms with Gasteiger partial charge in [0.15, 0.2) is 0 Å². The summed E-state index contributed by atoms with van der Waals surface area (Å²) in [6.45, 7) is 5.86. The lowest BCUT2D eigenvalue weighted by Gasteiger charge is -2.06. The van der Waals surface area contributed by atoms with Gasteiger partial charge in [-0.2, -0.15) is 0 Å². The Kier molecular flexibility index (Phi) is 10.5. The number of aliphatic hydroxyl groups is 1. The van der Waals surface area contributed by atoms with Crippen molar-refractivity contribution in [3.63, 3.8) is 0 Å². The highest BCUT2D eigenvalue weighted by molar-refractivity contribution is 4.71. The Hall–Kier alpha value is -0.300. The molecular weight excluding hydrogens is 172 g/mol. The third kappa shape index (κ3) is 9.79. The van der Waals surface area contributed by atoms with Crippen molar-refractivity contribution in [1.29, 1.82) is 0 Å². The Bertz CT molecular complexity index is 120. The quantitative estimate of drug-likeness (QED) is 0.414. The second kappa shape index (κ2) is 10.8. The molecule has 0 aliphatic rings. The molecule has 0 bridgehead atoms. The van der Waals surface area contributed by atoms with Crippen LogP contribution >= 0.6 is 0 Å². The molecule has 0 aliphatic carbocycles. The van der Waals surface area contributed by atoms with Crippen LogP contribution in [0.2, 0.25) is 0 Å². The smallest absolute Gasteiger partial charge is 0.0574 e. The summed E-state index contributed by atoms with van der Waals surface area (Å²) >= 11 is 0. The third-order valence-corrected chi connectivity index (χ3v) is 2.58. The van der Waals surface area contributed by atoms with Gasteiger partial charge in [-0.05, 0) is 12.8 Å². The van der Waals surface area contributed by atoms with Crippen molar-refractivity contribution >= 4 is 0 Å². The highest BCUT2D eigenvalue weighted by Gasteiger charge is 2.00. The Morgan fingerprint density at radius 3 is 2.21 bits per heavy atom. The van der Waals surface area contributed by atoms with Gasteiger partial charge >= 0.3 is 0 Å². The van der Waals surface area contributed by atoms with Crippen LogP contribution in [-0.4, -0.2) is 11.2 Å². The maximum Gasteiger partial charge on any atom is 0.0574 e. The Morgan fingerprint density at radius 1 is 1.07 bits per heavy atom. The van der Waals surface area contributed by atoms with E-state index >= 15 is 0 Å². The number of unbranched alkanes of at least 4 members (excludes halogenated alkanes) is 6. The maximum absolute atomic E-state index is 9.42. The van der Waals surface area contributed by atoms with Crippen LogP contribution in [0.15, 0.2) is 12.7 Å². The molecule has 14 heavy (non-hydrogen) atoms. The Labute approximate surface area is 89.2 Å². The molecule has 0 aromatic heterocycles. The van der Waals surface area contributed by atoms with Crippen LogP contribution < -0.4 is 0 Å². The van der Waals surface area contributed by atoms with E-state index in [1.807, 2.05) is 0 Å². The predicted molar refractivity (Wildman–Crippen MR) is 63.4 cm³/mol. The largest absolute Gasteiger partial charge is 0.393 e. The standard InChI is InChI=1S/C13H26O/c1-3-5-6-7-8-9-10-12-13(14)11-4-2/h4,13-14H,2-3,5-12H2,1H3. The Morgan fingerprint density at radius 2 is 1.64 bits per heavy atom. The maximum atomic E-state index is 9.42. The molecule has 84 valence electrons. The molecule has 0 rings (SSSR count). The summed E-state index contributed by atoms with van der Waals surface area (Å²) < 4.78 is 0. The highest BCUT2D eigenvalue weighted by Crippen LogP contribution is 2.10. The summed E-state index contributed by atoms with van der Waals surface area (Å²) in [5, 5.41) is 9.42. The summed E-state index contributed by atoms with van der Waals surface area (Å²) in [6.07, 6.45) is 12.6. The van der Waals surface area contributed by atoms with E-state index in [1.54, 1.807) is 6.08 Å². The van der Waals surface area contributed by atoms with E-state index in [0.717, 1.165) is 12.8 Å². The van der Waals surface area contributed by atoms with Crippen LogP contribution in [0.5, 0.6) is 0 Å². The van der Waals surface area contributed by atoms with Crippen LogP contribution in [0.25, 0.3) is 0 Å². The topological polar surface area (TPSA) is 20.2 Å². The lowest BCUT2D eigenvalue weighted by atomic mass is 10.1. The Balaban J connectivity index is 3.01. The first-order chi connectivity index (χ1) is 6.81. The van der Waals surface area contributed by atoms with Crippen molar-refractivity contribution in [2.24, 2.45) is 0 Å². The third-order valence-electron chi connectivity index (χ3n) is 2.58. The molecule has 0 aromatic rings. The molecule has 0 heterocycles. The molecule has 0 amide bonds. The molecule has 0 spiro atoms. The van der Waals surface area contributed by atoms with Crippen LogP contribution in [0.1, 0.15) is 64.7 Å². The molecule has 1 unspecified atom stereocenters. The fourth-order valence-corrected chi connectivity index (χ4v) is 1.65. The van der Waals surface area contributed by atoms with Gasteiger partial charge in [-0.25, -0.2) is 0 Å². The zero-order chi connectivity index (χ0) is 10.6. The van der Waals surface area contributed by atoms with Gasteiger partial charge in [0.05, 0.1) is 6.10 Å². The van der Waals surface area contributed by atoms with E-state index in [0.29, 0.717) is 0 Å². The molecule has 1 atom stereocenters. The van der Waals surface area contributed by atoms with Gasteiger partial charge in [-0.1, -0.05) is 57.9 Å². The SMILES string of the molecule is C=CCC(O)CCCCCCCCC. The van der Waals surface area contributed by atoms with Gasteiger partial charge in [0.1, 0.15) is 0 Å². The minimum absolute atomic E-state index is 0.150. The van der Waals surface area contributed by atoms with Gasteiger partial charge in [0, 0.05) is 0 Å². The van der Waals surface area contributed by atoms with Crippen LogP contribution in [0.4, 0.5) is 0 Å². The summed E-state index contributed by atoms with van der Waals surface area (Å²) in [6, 6.07) is 0. The molecule has 1 nitrogen and oxygen atoms in total. The molecule has 1 heteroatoms. The second-order valence-electron chi connectivity index (χ2n) is 4.09. The van der Waals surface area contributed by atoms with Crippen LogP contribution in [-0.2, 0) is 0 Å². The molecule has 0 saturated heterocycles. The lowest BCUT2D eigenvalue weighted by molar-refractivity contribution is 0.164. The van der Waals surface area contributed by atoms with E-state index in [1.165, 1.54) is 44.9 Å². The highest BCUT2D eigenvalue weighted by atomic mass is 16.3. The van der Waals surface area contributed by atoms with E-state index < -0.39 is 0 Å². The average Bonchev–Trinajstić information content (AvgIpc) is 2.17. The zero-order valence-corrected chi connectivity index (χ0v) is 9.67. The van der Waals surface area contributed by atoms with Gasteiger partial charge in [0.2, 0.25) is 0 Å². The number of rotatable bonds is 10. The van der Waals surface area contributed by atoms with Crippen molar-refractivity contribution in [2.75, 3.05) is 0 Å². The fraction of sp³-hybridized carbons (Fsp3) is 0.846. The van der Waals surface area contributed by atoms with Gasteiger partial charge in [0.25, 0.3) is 0 Å². The lowest BCUT2D eigenvalue weighted by Crippen LogP contribution is -2.03. The monoisotopic (exact) mass is 198 g/mol. The van der Waals surface area contributed by atoms with E-state index in [9.17, 15) is 5.11 Å². The van der Waals surface area contributed by atoms with Crippen LogP contribution in [0, 0.1) is 0 Å². The summed E-state index contributed by atoms with van der Waals surface area (Å²) in [7, 11) is 0. The van der Waals surface area contributed by atoms with E-state index in [4.69, 9.17) is 0 Å². The number of hydrogen-bond donors (Lipinski definition) is 1. The summed E-state index contributed by atoms with van der Waals surface area (Å²) in [5.74, 6) is 0. The second-order valence-corrected chi connectivity index (χ2v) is 4.09. The number of aliphatic hydroxyl groups excluding tert-OH is 1. The number of hydrogen-bond acceptors (Lipinski definition) is 1. The van der Waals surface area contributed by atoms with Gasteiger partial charge < -0.3 is 5.11 Å². The molecule has 0 saturated carbocycles. The van der Waals surface area contributed by atoms with Gasteiger partial charge in [-0.3, -0.25) is 0 Å². The van der Waals surface area contributed by atoms with Crippen molar-refractivity contribution in [3.8, 4) is 0 Å². The first-order valence-corrected chi connectivity index (χ1v) is 6.10. The van der Waals surface area contributed by atoms with E-state index in [2.05, 4.69) is 13.5 Å². The zero-order valence-electron chi connectivity index (χ0n) is 9.67. The summed E-state index contributed by atoms with van der Waals surface area (Å²) in [5.41, 5.74) is 0. The minimum Gasteiger partial charge on any atom is -0.393 e. The van der Waals surface area contributed by atoms with Crippen molar-refractivity contribution in [3.05, 3.63) is 12.7 Å². The molecular formula is C13H26O. The molecule has 0 fully saturated rings. The van der Waals surface area contributed by atoms with Crippen molar-refractivity contribution in [1.82, 2.24) is 0 Å². The van der Waals surface area contributed by atoms with Gasteiger partial charge in [-0.15, -0.1) is 6.58 Å². The molecule has 0 radical (unpaired) electrons. The van der Waals surface area contributed by atoms with Crippen LogP contribution in [0.3, 0.4) is 0 Å². The first kappa shape index (κ1) is 13.7. The molecule has 0 aliphatic heterocycles. The minimum atomic E-state index is -0.150. The fourth-order valence-electron chi connectivity index (χ4n) is 1.65. The summed E-state index contributed by atoms with van der Waals surface area (Å²) in [4.78, 5) is 0. The molecule has 1 N–H and O–H groups in total. The van der Waals surface area contributed by atoms with Crippen molar-refractivity contribution < 1.29 is 5.11 Å².